The van der Waals surface area contributed by atoms with Gasteiger partial charge in [-0.1, -0.05) is 12.1 Å². The third-order valence-electron chi connectivity index (χ3n) is 1.95. The minimum absolute atomic E-state index is 0.0330. The number of halogens is 1. The van der Waals surface area contributed by atoms with Gasteiger partial charge in [-0.25, -0.2) is 4.98 Å². The number of hydrogen-bond donors (Lipinski definition) is 2. The Morgan fingerprint density at radius 1 is 1.22 bits per heavy atom. The molecule has 2 aromatic rings. The molecule has 1 aromatic heterocycles. The average molecular weight is 270 g/mol. The Morgan fingerprint density at radius 2 is 1.94 bits per heavy atom. The molecule has 0 fully saturated rings. The molecule has 2 N–H and O–H groups in total. The molecule has 0 saturated heterocycles. The Bertz CT molecular complexity index is 677. The fourth-order valence-corrected chi connectivity index (χ4v) is 1.90. The Balaban J connectivity index is 2.41. The molecule has 0 atom stereocenters. The Hall–Kier alpha value is -2.13. The van der Waals surface area contributed by atoms with Crippen molar-refractivity contribution in [1.29, 1.82) is 0 Å². The van der Waals surface area contributed by atoms with Gasteiger partial charge in [0.25, 0.3) is 10.1 Å². The summed E-state index contributed by atoms with van der Waals surface area (Å²) in [6, 6.07) is 5.54. The van der Waals surface area contributed by atoms with Crippen molar-refractivity contribution in [1.82, 2.24) is 15.0 Å². The van der Waals surface area contributed by atoms with E-state index >= 15 is 0 Å². The minimum atomic E-state index is -4.39. The summed E-state index contributed by atoms with van der Waals surface area (Å²) in [7, 11) is -4.39. The molecule has 1 aromatic carbocycles. The molecule has 0 aliphatic carbocycles. The lowest BCUT2D eigenvalue weighted by Gasteiger charge is -2.07. The molecule has 2 rings (SSSR count). The summed E-state index contributed by atoms with van der Waals surface area (Å²) in [6.45, 7) is 0. The first kappa shape index (κ1) is 12.3. The molecule has 1 heterocycles. The Kier molecular flexibility index (Phi) is 3.17. The standard InChI is InChI=1S/C9H7FN4O3S/c10-8-11-5-12-9(14-8)13-6-3-1-2-4-7(6)18(15,16)17/h1-5H,(H,15,16,17)(H,11,12,13,14). The van der Waals surface area contributed by atoms with Gasteiger partial charge < -0.3 is 5.32 Å². The summed E-state index contributed by atoms with van der Waals surface area (Å²) in [4.78, 5) is 9.72. The molecular formula is C9H7FN4O3S. The number of rotatable bonds is 3. The highest BCUT2D eigenvalue weighted by Crippen LogP contribution is 2.22. The number of aromatic nitrogens is 3. The zero-order chi connectivity index (χ0) is 13.2. The summed E-state index contributed by atoms with van der Waals surface area (Å²) in [5.74, 6) is -0.168. The Labute approximate surface area is 101 Å². The minimum Gasteiger partial charge on any atom is -0.323 e. The van der Waals surface area contributed by atoms with Gasteiger partial charge in [0.2, 0.25) is 5.95 Å². The summed E-state index contributed by atoms with van der Waals surface area (Å²) in [6.07, 6.45) is -0.0717. The van der Waals surface area contributed by atoms with E-state index in [0.29, 0.717) is 0 Å². The van der Waals surface area contributed by atoms with E-state index in [4.69, 9.17) is 4.55 Å². The smallest absolute Gasteiger partial charge is 0.313 e. The van der Waals surface area contributed by atoms with Crippen LogP contribution in [-0.2, 0) is 10.1 Å². The molecule has 0 amide bonds. The molecule has 0 saturated carbocycles. The maximum Gasteiger partial charge on any atom is 0.313 e. The van der Waals surface area contributed by atoms with Gasteiger partial charge in [-0.3, -0.25) is 4.55 Å². The second-order valence-corrected chi connectivity index (χ2v) is 4.56. The van der Waals surface area contributed by atoms with Crippen LogP contribution in [0.15, 0.2) is 35.5 Å². The zero-order valence-electron chi connectivity index (χ0n) is 8.78. The van der Waals surface area contributed by atoms with Gasteiger partial charge in [0, 0.05) is 0 Å². The van der Waals surface area contributed by atoms with Gasteiger partial charge in [0.05, 0.1) is 5.69 Å². The lowest BCUT2D eigenvalue weighted by molar-refractivity contribution is 0.483. The summed E-state index contributed by atoms with van der Waals surface area (Å²) >= 11 is 0. The first-order valence-corrected chi connectivity index (χ1v) is 6.09. The van der Waals surface area contributed by atoms with E-state index < -0.39 is 16.2 Å². The van der Waals surface area contributed by atoms with E-state index in [1.807, 2.05) is 0 Å². The first-order valence-electron chi connectivity index (χ1n) is 4.65. The van der Waals surface area contributed by atoms with Crippen molar-refractivity contribution in [2.45, 2.75) is 4.90 Å². The van der Waals surface area contributed by atoms with Crippen molar-refractivity contribution in [3.05, 3.63) is 36.7 Å². The topological polar surface area (TPSA) is 105 Å². The average Bonchev–Trinajstić information content (AvgIpc) is 2.28. The van der Waals surface area contributed by atoms with Crippen LogP contribution in [0.3, 0.4) is 0 Å². The van der Waals surface area contributed by atoms with Crippen LogP contribution in [0.1, 0.15) is 0 Å². The molecule has 18 heavy (non-hydrogen) atoms. The Morgan fingerprint density at radius 3 is 2.61 bits per heavy atom. The van der Waals surface area contributed by atoms with E-state index in [1.54, 1.807) is 0 Å². The number of benzene rings is 1. The van der Waals surface area contributed by atoms with E-state index in [-0.39, 0.29) is 16.5 Å². The molecule has 0 unspecified atom stereocenters. The van der Waals surface area contributed by atoms with E-state index in [2.05, 4.69) is 20.3 Å². The number of para-hydroxylation sites is 1. The van der Waals surface area contributed by atoms with Crippen LogP contribution in [0.25, 0.3) is 0 Å². The molecule has 94 valence electrons. The van der Waals surface area contributed by atoms with Crippen molar-refractivity contribution in [3.63, 3.8) is 0 Å². The third-order valence-corrected chi connectivity index (χ3v) is 2.87. The monoisotopic (exact) mass is 270 g/mol. The molecular weight excluding hydrogens is 263 g/mol. The van der Waals surface area contributed by atoms with Crippen LogP contribution in [0.5, 0.6) is 0 Å². The maximum absolute atomic E-state index is 12.7. The van der Waals surface area contributed by atoms with Gasteiger partial charge in [-0.05, 0) is 12.1 Å². The summed E-state index contributed by atoms with van der Waals surface area (Å²) < 4.78 is 43.9. The van der Waals surface area contributed by atoms with Crippen molar-refractivity contribution in [3.8, 4) is 0 Å². The molecule has 0 aliphatic heterocycles. The molecule has 0 spiro atoms. The van der Waals surface area contributed by atoms with Crippen LogP contribution in [-0.4, -0.2) is 27.9 Å². The van der Waals surface area contributed by atoms with Gasteiger partial charge in [0.15, 0.2) is 0 Å². The quantitative estimate of drug-likeness (QED) is 0.801. The fourth-order valence-electron chi connectivity index (χ4n) is 1.25. The fraction of sp³-hybridized carbons (Fsp3) is 0. The van der Waals surface area contributed by atoms with Gasteiger partial charge in [0.1, 0.15) is 11.2 Å². The van der Waals surface area contributed by atoms with Crippen molar-refractivity contribution in [2.24, 2.45) is 0 Å². The van der Waals surface area contributed by atoms with Gasteiger partial charge >= 0.3 is 6.08 Å². The molecule has 0 radical (unpaired) electrons. The summed E-state index contributed by atoms with van der Waals surface area (Å²) in [5.41, 5.74) is 0.0330. The molecule has 0 bridgehead atoms. The number of hydrogen-bond acceptors (Lipinski definition) is 6. The number of nitrogens with zero attached hydrogens (tertiary/aromatic N) is 3. The highest BCUT2D eigenvalue weighted by Gasteiger charge is 2.15. The van der Waals surface area contributed by atoms with Crippen molar-refractivity contribution in [2.75, 3.05) is 5.32 Å². The van der Waals surface area contributed by atoms with Crippen LogP contribution in [0, 0.1) is 6.08 Å². The lowest BCUT2D eigenvalue weighted by Crippen LogP contribution is -2.06. The predicted octanol–water partition coefficient (Wildman–Crippen LogP) is 1.00. The van der Waals surface area contributed by atoms with Gasteiger partial charge in [-0.2, -0.15) is 22.8 Å². The van der Waals surface area contributed by atoms with Crippen molar-refractivity contribution >= 4 is 21.8 Å². The van der Waals surface area contributed by atoms with E-state index in [9.17, 15) is 12.8 Å². The van der Waals surface area contributed by atoms with Crippen LogP contribution in [0.4, 0.5) is 16.0 Å². The molecule has 0 aliphatic rings. The maximum atomic E-state index is 12.7. The van der Waals surface area contributed by atoms with Crippen LogP contribution in [0.2, 0.25) is 0 Å². The number of nitrogens with one attached hydrogen (secondary N) is 1. The highest BCUT2D eigenvalue weighted by atomic mass is 32.2. The van der Waals surface area contributed by atoms with Crippen LogP contribution >= 0.6 is 0 Å². The largest absolute Gasteiger partial charge is 0.323 e. The van der Waals surface area contributed by atoms with E-state index in [1.165, 1.54) is 24.3 Å². The summed E-state index contributed by atoms with van der Waals surface area (Å²) in [5, 5.41) is 2.48. The normalized spacial score (nSPS) is 11.2. The first-order chi connectivity index (χ1) is 8.47. The predicted molar refractivity (Wildman–Crippen MR) is 59.3 cm³/mol. The molecule has 7 nitrogen and oxygen atoms in total. The lowest BCUT2D eigenvalue weighted by atomic mass is 10.3. The third kappa shape index (κ3) is 2.76. The second kappa shape index (κ2) is 4.63. The van der Waals surface area contributed by atoms with Crippen molar-refractivity contribution < 1.29 is 17.4 Å². The highest BCUT2D eigenvalue weighted by molar-refractivity contribution is 7.86. The zero-order valence-corrected chi connectivity index (χ0v) is 9.59. The SMILES string of the molecule is O=S(=O)(O)c1ccccc1Nc1ncnc(F)n1. The number of anilines is 2. The van der Waals surface area contributed by atoms with E-state index in [0.717, 1.165) is 6.33 Å². The van der Waals surface area contributed by atoms with Gasteiger partial charge in [-0.15, -0.1) is 0 Å². The van der Waals surface area contributed by atoms with Crippen LogP contribution < -0.4 is 5.32 Å². The molecule has 9 heteroatoms. The second-order valence-electron chi connectivity index (χ2n) is 3.17.